The molecule has 0 amide bonds. The Bertz CT molecular complexity index is 2140. The summed E-state index contributed by atoms with van der Waals surface area (Å²) in [7, 11) is 0. The van der Waals surface area contributed by atoms with Crippen LogP contribution >= 0.6 is 0 Å². The van der Waals surface area contributed by atoms with E-state index in [1.165, 1.54) is 44.8 Å². The Morgan fingerprint density at radius 2 is 0.804 bits per heavy atom. The molecule has 4 aliphatic heterocycles. The minimum absolute atomic E-state index is 0.192. The van der Waals surface area contributed by atoms with Crippen molar-refractivity contribution in [1.29, 1.82) is 0 Å². The number of benzene rings is 6. The smallest absolute Gasteiger partial charge is 0.151 e. The quantitative estimate of drug-likeness (QED) is 0.188. The van der Waals surface area contributed by atoms with Crippen LogP contribution in [0.4, 0.5) is 34.1 Å². The second kappa shape index (κ2) is 8.61. The van der Waals surface area contributed by atoms with Gasteiger partial charge in [0.1, 0.15) is 0 Å². The zero-order valence-corrected chi connectivity index (χ0v) is 26.3. The fourth-order valence-corrected chi connectivity index (χ4v) is 8.25. The SMILES string of the molecule is CC1(C)c2ccc(-c3ccc4c(c3)N3c5ccccc5Oc5cccc(c53)C4(C)C)cc2N2c3ccccc3Oc3cccc1c32. The minimum atomic E-state index is -0.192. The fourth-order valence-electron chi connectivity index (χ4n) is 8.25. The Balaban J connectivity index is 1.19. The summed E-state index contributed by atoms with van der Waals surface area (Å²) < 4.78 is 12.9. The van der Waals surface area contributed by atoms with Gasteiger partial charge < -0.3 is 19.3 Å². The van der Waals surface area contributed by atoms with E-state index in [1.54, 1.807) is 0 Å². The highest BCUT2D eigenvalue weighted by molar-refractivity contribution is 5.96. The molecule has 10 rings (SSSR count). The van der Waals surface area contributed by atoms with Crippen molar-refractivity contribution < 1.29 is 9.47 Å². The zero-order valence-electron chi connectivity index (χ0n) is 26.3. The minimum Gasteiger partial charge on any atom is -0.453 e. The topological polar surface area (TPSA) is 24.9 Å². The average molecular weight is 597 g/mol. The molecule has 6 aromatic carbocycles. The number of hydrogen-bond donors (Lipinski definition) is 0. The number of ether oxygens (including phenoxy) is 2. The molecule has 222 valence electrons. The molecule has 6 aromatic rings. The summed E-state index contributed by atoms with van der Waals surface area (Å²) >= 11 is 0. The van der Waals surface area contributed by atoms with Crippen molar-refractivity contribution in [2.45, 2.75) is 38.5 Å². The van der Waals surface area contributed by atoms with Crippen LogP contribution in [0.15, 0.2) is 121 Å². The fraction of sp³-hybridized carbons (Fsp3) is 0.143. The Hall–Kier alpha value is -5.48. The van der Waals surface area contributed by atoms with Crippen molar-refractivity contribution in [2.24, 2.45) is 0 Å². The monoisotopic (exact) mass is 596 g/mol. The van der Waals surface area contributed by atoms with Gasteiger partial charge in [0.25, 0.3) is 0 Å². The van der Waals surface area contributed by atoms with Crippen molar-refractivity contribution in [1.82, 2.24) is 0 Å². The number of para-hydroxylation sites is 6. The number of rotatable bonds is 1. The van der Waals surface area contributed by atoms with E-state index in [-0.39, 0.29) is 10.8 Å². The second-order valence-corrected chi connectivity index (χ2v) is 13.8. The van der Waals surface area contributed by atoms with Crippen LogP contribution in [0.1, 0.15) is 49.9 Å². The van der Waals surface area contributed by atoms with Crippen LogP contribution in [0.3, 0.4) is 0 Å². The summed E-state index contributed by atoms with van der Waals surface area (Å²) in [5, 5.41) is 0. The predicted octanol–water partition coefficient (Wildman–Crippen LogP) is 11.8. The second-order valence-electron chi connectivity index (χ2n) is 13.8. The Kier molecular flexibility index (Phi) is 4.83. The Morgan fingerprint density at radius 3 is 1.26 bits per heavy atom. The molecule has 0 aromatic heterocycles. The Labute approximate surface area is 269 Å². The number of fused-ring (bicyclic) bond motifs is 8. The van der Waals surface area contributed by atoms with Crippen LogP contribution in [0.5, 0.6) is 23.0 Å². The van der Waals surface area contributed by atoms with Gasteiger partial charge in [-0.3, -0.25) is 0 Å². The lowest BCUT2D eigenvalue weighted by Crippen LogP contribution is -2.32. The van der Waals surface area contributed by atoms with Crippen molar-refractivity contribution in [3.8, 4) is 34.1 Å². The molecule has 4 heteroatoms. The van der Waals surface area contributed by atoms with Crippen LogP contribution in [-0.2, 0) is 10.8 Å². The summed E-state index contributed by atoms with van der Waals surface area (Å²) in [6.07, 6.45) is 0. The van der Waals surface area contributed by atoms with Crippen molar-refractivity contribution in [3.63, 3.8) is 0 Å². The standard InChI is InChI=1S/C42H32N2O2/c1-41(2)27-21-19-25(23-33(27)43-31-13-5-7-15-35(31)45-37-17-9-11-29(41)39(37)43)26-20-22-28-34(24-26)44-32-14-6-8-16-36(32)46-38-18-10-12-30(40(38)44)42(28,3)4/h5-24H,1-4H3. The first-order valence-corrected chi connectivity index (χ1v) is 16.0. The van der Waals surface area contributed by atoms with E-state index in [9.17, 15) is 0 Å². The summed E-state index contributed by atoms with van der Waals surface area (Å²) in [4.78, 5) is 4.83. The molecule has 4 nitrogen and oxygen atoms in total. The third-order valence-electron chi connectivity index (χ3n) is 10.6. The van der Waals surface area contributed by atoms with E-state index in [1.807, 2.05) is 12.1 Å². The molecule has 0 saturated carbocycles. The summed E-state index contributed by atoms with van der Waals surface area (Å²) in [6.45, 7) is 9.30. The van der Waals surface area contributed by atoms with Crippen LogP contribution < -0.4 is 19.3 Å². The first kappa shape index (κ1) is 25.8. The predicted molar refractivity (Wildman–Crippen MR) is 186 cm³/mol. The van der Waals surface area contributed by atoms with Gasteiger partial charge in [-0.15, -0.1) is 0 Å². The van der Waals surface area contributed by atoms with Crippen LogP contribution in [0, 0.1) is 0 Å². The zero-order chi connectivity index (χ0) is 30.9. The van der Waals surface area contributed by atoms with E-state index in [2.05, 4.69) is 147 Å². The largest absolute Gasteiger partial charge is 0.453 e. The third-order valence-corrected chi connectivity index (χ3v) is 10.6. The molecule has 0 unspecified atom stereocenters. The van der Waals surface area contributed by atoms with Crippen molar-refractivity contribution in [2.75, 3.05) is 9.80 Å². The first-order valence-electron chi connectivity index (χ1n) is 16.0. The summed E-state index contributed by atoms with van der Waals surface area (Å²) in [5.74, 6) is 3.55. The van der Waals surface area contributed by atoms with E-state index >= 15 is 0 Å². The lowest BCUT2D eigenvalue weighted by Gasteiger charge is -2.45. The molecule has 0 bridgehead atoms. The van der Waals surface area contributed by atoms with Gasteiger partial charge in [0, 0.05) is 10.8 Å². The van der Waals surface area contributed by atoms with E-state index in [0.29, 0.717) is 0 Å². The van der Waals surface area contributed by atoms with Gasteiger partial charge in [0.2, 0.25) is 0 Å². The number of hydrogen-bond acceptors (Lipinski definition) is 4. The molecule has 0 spiro atoms. The lowest BCUT2D eigenvalue weighted by molar-refractivity contribution is 0.471. The van der Waals surface area contributed by atoms with Crippen LogP contribution in [0.2, 0.25) is 0 Å². The molecular weight excluding hydrogens is 564 g/mol. The highest BCUT2D eigenvalue weighted by Gasteiger charge is 2.43. The van der Waals surface area contributed by atoms with Crippen LogP contribution in [-0.4, -0.2) is 0 Å². The molecule has 0 atom stereocenters. The van der Waals surface area contributed by atoms with Gasteiger partial charge in [-0.25, -0.2) is 0 Å². The molecular formula is C42H32N2O2. The molecule has 0 N–H and O–H groups in total. The maximum absolute atomic E-state index is 6.47. The lowest BCUT2D eigenvalue weighted by atomic mass is 9.72. The molecule has 4 heterocycles. The van der Waals surface area contributed by atoms with Crippen LogP contribution in [0.25, 0.3) is 11.1 Å². The Morgan fingerprint density at radius 1 is 0.391 bits per heavy atom. The van der Waals surface area contributed by atoms with Gasteiger partial charge in [0.15, 0.2) is 23.0 Å². The third kappa shape index (κ3) is 3.18. The van der Waals surface area contributed by atoms with E-state index in [0.717, 1.165) is 45.7 Å². The van der Waals surface area contributed by atoms with Gasteiger partial charge in [-0.05, 0) is 81.9 Å². The molecule has 0 fully saturated rings. The van der Waals surface area contributed by atoms with Gasteiger partial charge in [-0.1, -0.05) is 100 Å². The number of anilines is 6. The average Bonchev–Trinajstić information content (AvgIpc) is 3.07. The normalized spacial score (nSPS) is 16.4. The molecule has 0 saturated heterocycles. The first-order chi connectivity index (χ1) is 22.3. The van der Waals surface area contributed by atoms with Crippen molar-refractivity contribution in [3.05, 3.63) is 144 Å². The highest BCUT2D eigenvalue weighted by Crippen LogP contribution is 2.62. The number of nitrogens with zero attached hydrogens (tertiary/aromatic N) is 2. The van der Waals surface area contributed by atoms with E-state index in [4.69, 9.17) is 9.47 Å². The van der Waals surface area contributed by atoms with Gasteiger partial charge >= 0.3 is 0 Å². The van der Waals surface area contributed by atoms with Gasteiger partial charge in [-0.2, -0.15) is 0 Å². The molecule has 46 heavy (non-hydrogen) atoms. The molecule has 0 aliphatic carbocycles. The molecule has 0 radical (unpaired) electrons. The highest BCUT2D eigenvalue weighted by atomic mass is 16.5. The summed E-state index contributed by atoms with van der Waals surface area (Å²) in [6, 6.07) is 43.6. The molecule has 4 aliphatic rings. The van der Waals surface area contributed by atoms with E-state index < -0.39 is 0 Å². The summed E-state index contributed by atoms with van der Waals surface area (Å²) in [5.41, 5.74) is 13.9. The van der Waals surface area contributed by atoms with Gasteiger partial charge in [0.05, 0.1) is 34.1 Å². The van der Waals surface area contributed by atoms with Crippen molar-refractivity contribution >= 4 is 34.1 Å². The maximum Gasteiger partial charge on any atom is 0.151 e. The maximum atomic E-state index is 6.47.